The summed E-state index contributed by atoms with van der Waals surface area (Å²) in [7, 11) is 0. The number of pyridine rings is 1. The van der Waals surface area contributed by atoms with E-state index in [1.807, 2.05) is 41.3 Å². The Bertz CT molecular complexity index is 1290. The number of anilines is 2. The maximum atomic E-state index is 11.5. The first-order valence-corrected chi connectivity index (χ1v) is 10.6. The second-order valence-electron chi connectivity index (χ2n) is 7.49. The molecule has 8 nitrogen and oxygen atoms in total. The summed E-state index contributed by atoms with van der Waals surface area (Å²) < 4.78 is 0. The van der Waals surface area contributed by atoms with Gasteiger partial charge in [-0.25, -0.2) is 9.97 Å². The molecule has 0 unspecified atom stereocenters. The first kappa shape index (κ1) is 20.1. The van der Waals surface area contributed by atoms with E-state index in [2.05, 4.69) is 9.88 Å². The second kappa shape index (κ2) is 8.39. The van der Waals surface area contributed by atoms with E-state index in [0.717, 1.165) is 22.3 Å². The number of halogens is 1. The maximum Gasteiger partial charge on any atom is 0.294 e. The Morgan fingerprint density at radius 2 is 1.62 bits per heavy atom. The monoisotopic (exact) mass is 446 g/mol. The van der Waals surface area contributed by atoms with Crippen LogP contribution in [0, 0.1) is 10.1 Å². The van der Waals surface area contributed by atoms with Crippen LogP contribution in [-0.2, 0) is 0 Å². The fourth-order valence-electron chi connectivity index (χ4n) is 4.00. The van der Waals surface area contributed by atoms with Crippen molar-refractivity contribution in [1.82, 2.24) is 15.0 Å². The molecule has 0 aliphatic carbocycles. The van der Waals surface area contributed by atoms with Crippen LogP contribution in [0.25, 0.3) is 22.3 Å². The molecule has 0 atom stereocenters. The molecule has 0 spiro atoms. The fraction of sp³-hybridized carbons (Fsp3) is 0.174. The van der Waals surface area contributed by atoms with Crippen LogP contribution in [0.4, 0.5) is 17.2 Å². The molecule has 0 radical (unpaired) electrons. The highest BCUT2D eigenvalue weighted by Gasteiger charge is 2.26. The molecule has 160 valence electrons. The lowest BCUT2D eigenvalue weighted by Gasteiger charge is -2.37. The predicted octanol–water partition coefficient (Wildman–Crippen LogP) is 4.58. The Hall–Kier alpha value is -3.78. The molecule has 9 heteroatoms. The summed E-state index contributed by atoms with van der Waals surface area (Å²) in [6.45, 7) is 2.62. The maximum absolute atomic E-state index is 11.5. The average Bonchev–Trinajstić information content (AvgIpc) is 2.84. The van der Waals surface area contributed by atoms with Crippen LogP contribution in [0.3, 0.4) is 0 Å². The number of nitro groups is 1. The Morgan fingerprint density at radius 3 is 2.38 bits per heavy atom. The van der Waals surface area contributed by atoms with Gasteiger partial charge >= 0.3 is 0 Å². The van der Waals surface area contributed by atoms with Crippen molar-refractivity contribution in [2.45, 2.75) is 0 Å². The molecule has 1 aliphatic heterocycles. The quantitative estimate of drug-likeness (QED) is 0.335. The van der Waals surface area contributed by atoms with Crippen LogP contribution in [0.1, 0.15) is 0 Å². The highest BCUT2D eigenvalue weighted by Crippen LogP contribution is 2.33. The third-order valence-electron chi connectivity index (χ3n) is 5.58. The number of hydrogen-bond acceptors (Lipinski definition) is 7. The first-order valence-electron chi connectivity index (χ1n) is 10.2. The minimum Gasteiger partial charge on any atom is -0.362 e. The normalized spacial score (nSPS) is 14.0. The molecular formula is C23H19ClN6O2. The molecule has 0 bridgehead atoms. The van der Waals surface area contributed by atoms with Crippen molar-refractivity contribution >= 4 is 39.7 Å². The van der Waals surface area contributed by atoms with Gasteiger partial charge in [0.2, 0.25) is 0 Å². The zero-order valence-corrected chi connectivity index (χ0v) is 17.8. The number of fused-ring (bicyclic) bond motifs is 1. The van der Waals surface area contributed by atoms with E-state index in [4.69, 9.17) is 21.6 Å². The lowest BCUT2D eigenvalue weighted by molar-refractivity contribution is -0.384. The number of aromatic nitrogens is 3. The SMILES string of the molecule is O=[N+]([O-])c1cc(Cl)ccc1N1CCN(c2nc(-c3ccncc3)nc3ccccc23)CC1. The van der Waals surface area contributed by atoms with Gasteiger partial charge < -0.3 is 9.80 Å². The number of hydrogen-bond donors (Lipinski definition) is 0. The Kier molecular flexibility index (Phi) is 5.28. The van der Waals surface area contributed by atoms with Crippen LogP contribution < -0.4 is 9.80 Å². The molecular weight excluding hydrogens is 428 g/mol. The molecule has 4 aromatic rings. The summed E-state index contributed by atoms with van der Waals surface area (Å²) in [5.41, 5.74) is 2.39. The topological polar surface area (TPSA) is 88.3 Å². The number of para-hydroxylation sites is 1. The third-order valence-corrected chi connectivity index (χ3v) is 5.81. The second-order valence-corrected chi connectivity index (χ2v) is 7.92. The molecule has 1 saturated heterocycles. The van der Waals surface area contributed by atoms with E-state index in [1.54, 1.807) is 24.5 Å². The summed E-state index contributed by atoms with van der Waals surface area (Å²) in [6.07, 6.45) is 3.46. The van der Waals surface area contributed by atoms with Crippen molar-refractivity contribution < 1.29 is 4.92 Å². The van der Waals surface area contributed by atoms with Crippen molar-refractivity contribution in [3.63, 3.8) is 0 Å². The van der Waals surface area contributed by atoms with Crippen molar-refractivity contribution in [3.05, 3.63) is 82.1 Å². The van der Waals surface area contributed by atoms with Gasteiger partial charge in [0.05, 0.1) is 10.4 Å². The average molecular weight is 447 g/mol. The molecule has 32 heavy (non-hydrogen) atoms. The van der Waals surface area contributed by atoms with Crippen LogP contribution >= 0.6 is 11.6 Å². The lowest BCUT2D eigenvalue weighted by atomic mass is 10.1. The zero-order valence-electron chi connectivity index (χ0n) is 17.1. The van der Waals surface area contributed by atoms with Crippen LogP contribution in [0.15, 0.2) is 67.0 Å². The fourth-order valence-corrected chi connectivity index (χ4v) is 4.17. The number of nitrogens with zero attached hydrogens (tertiary/aromatic N) is 6. The van der Waals surface area contributed by atoms with E-state index in [-0.39, 0.29) is 10.6 Å². The third kappa shape index (κ3) is 3.80. The van der Waals surface area contributed by atoms with E-state index in [0.29, 0.717) is 42.7 Å². The molecule has 3 heterocycles. The molecule has 1 aliphatic rings. The highest BCUT2D eigenvalue weighted by molar-refractivity contribution is 6.30. The standard InChI is InChI=1S/C23H19ClN6O2/c24-17-5-6-20(21(15-17)30(31)32)28-11-13-29(14-12-28)23-18-3-1-2-4-19(18)26-22(27-23)16-7-9-25-10-8-16/h1-10,15H,11-14H2. The number of rotatable bonds is 4. The van der Waals surface area contributed by atoms with Crippen molar-refractivity contribution in [2.24, 2.45) is 0 Å². The molecule has 0 N–H and O–H groups in total. The van der Waals surface area contributed by atoms with E-state index < -0.39 is 0 Å². The van der Waals surface area contributed by atoms with Gasteiger partial charge in [0.15, 0.2) is 5.82 Å². The van der Waals surface area contributed by atoms with Gasteiger partial charge in [-0.15, -0.1) is 0 Å². The molecule has 5 rings (SSSR count). The lowest BCUT2D eigenvalue weighted by Crippen LogP contribution is -2.47. The summed E-state index contributed by atoms with van der Waals surface area (Å²) >= 11 is 5.97. The van der Waals surface area contributed by atoms with Gasteiger partial charge in [-0.05, 0) is 36.4 Å². The summed E-state index contributed by atoms with van der Waals surface area (Å²) in [4.78, 5) is 29.1. The van der Waals surface area contributed by atoms with Gasteiger partial charge in [0.1, 0.15) is 11.5 Å². The van der Waals surface area contributed by atoms with E-state index in [1.165, 1.54) is 6.07 Å². The highest BCUT2D eigenvalue weighted by atomic mass is 35.5. The van der Waals surface area contributed by atoms with Crippen molar-refractivity contribution in [1.29, 1.82) is 0 Å². The molecule has 0 saturated carbocycles. The molecule has 2 aromatic heterocycles. The Labute approximate surface area is 189 Å². The Morgan fingerprint density at radius 1 is 0.906 bits per heavy atom. The molecule has 2 aromatic carbocycles. The van der Waals surface area contributed by atoms with E-state index in [9.17, 15) is 10.1 Å². The van der Waals surface area contributed by atoms with E-state index >= 15 is 0 Å². The summed E-state index contributed by atoms with van der Waals surface area (Å²) in [5, 5.41) is 12.8. The summed E-state index contributed by atoms with van der Waals surface area (Å²) in [5.74, 6) is 1.52. The van der Waals surface area contributed by atoms with Crippen LogP contribution in [0.5, 0.6) is 0 Å². The first-order chi connectivity index (χ1) is 15.6. The molecule has 1 fully saturated rings. The van der Waals surface area contributed by atoms with Gasteiger partial charge in [0, 0.05) is 60.6 Å². The summed E-state index contributed by atoms with van der Waals surface area (Å²) in [6, 6.07) is 16.6. The van der Waals surface area contributed by atoms with Crippen LogP contribution in [0.2, 0.25) is 5.02 Å². The smallest absolute Gasteiger partial charge is 0.294 e. The number of piperazine rings is 1. The van der Waals surface area contributed by atoms with Gasteiger partial charge in [-0.2, -0.15) is 0 Å². The van der Waals surface area contributed by atoms with Crippen molar-refractivity contribution in [3.8, 4) is 11.4 Å². The number of benzene rings is 2. The molecule has 0 amide bonds. The largest absolute Gasteiger partial charge is 0.362 e. The minimum absolute atomic E-state index is 0.0263. The predicted molar refractivity (Wildman–Crippen MR) is 125 cm³/mol. The van der Waals surface area contributed by atoms with Crippen molar-refractivity contribution in [2.75, 3.05) is 36.0 Å². The Balaban J connectivity index is 1.46. The van der Waals surface area contributed by atoms with Gasteiger partial charge in [0.25, 0.3) is 5.69 Å². The minimum atomic E-state index is -0.382. The number of nitro benzene ring substituents is 1. The van der Waals surface area contributed by atoms with Gasteiger partial charge in [-0.1, -0.05) is 23.7 Å². The van der Waals surface area contributed by atoms with Gasteiger partial charge in [-0.3, -0.25) is 15.1 Å². The zero-order chi connectivity index (χ0) is 22.1. The van der Waals surface area contributed by atoms with Crippen LogP contribution in [-0.4, -0.2) is 46.1 Å².